The number of hydrogen-bond donors (Lipinski definition) is 0. The highest BCUT2D eigenvalue weighted by molar-refractivity contribution is 6.17. The zero-order valence-electron chi connectivity index (χ0n) is 7.60. The van der Waals surface area contributed by atoms with Crippen molar-refractivity contribution in [3.8, 4) is 0 Å². The first-order chi connectivity index (χ1) is 5.93. The average Bonchev–Trinajstić information content (AvgIpc) is 2.14. The third-order valence-corrected chi connectivity index (χ3v) is 2.48. The van der Waals surface area contributed by atoms with Gasteiger partial charge < -0.3 is 4.74 Å². The fourth-order valence-corrected chi connectivity index (χ4v) is 1.62. The number of alkyl halides is 1. The smallest absolute Gasteiger partial charge is 0.0594 e. The molecule has 0 amide bonds. The van der Waals surface area contributed by atoms with Crippen molar-refractivity contribution in [1.29, 1.82) is 0 Å². The van der Waals surface area contributed by atoms with E-state index in [4.69, 9.17) is 16.3 Å². The van der Waals surface area contributed by atoms with Gasteiger partial charge in [-0.3, -0.25) is 4.90 Å². The summed E-state index contributed by atoms with van der Waals surface area (Å²) in [7, 11) is 0. The van der Waals surface area contributed by atoms with Gasteiger partial charge in [0.25, 0.3) is 0 Å². The largest absolute Gasteiger partial charge is 0.379 e. The van der Waals surface area contributed by atoms with Crippen molar-refractivity contribution in [1.82, 2.24) is 4.90 Å². The zero-order valence-corrected chi connectivity index (χ0v) is 8.35. The summed E-state index contributed by atoms with van der Waals surface area (Å²) in [5, 5.41) is 0. The maximum Gasteiger partial charge on any atom is 0.0594 e. The molecule has 0 atom stereocenters. The molecule has 12 heavy (non-hydrogen) atoms. The van der Waals surface area contributed by atoms with Crippen LogP contribution in [0.4, 0.5) is 0 Å². The van der Waals surface area contributed by atoms with Crippen LogP contribution in [0.5, 0.6) is 0 Å². The van der Waals surface area contributed by atoms with Crippen LogP contribution in [0.15, 0.2) is 0 Å². The molecule has 0 N–H and O–H groups in total. The molecule has 0 aromatic carbocycles. The molecule has 0 spiro atoms. The summed E-state index contributed by atoms with van der Waals surface area (Å²) in [5.74, 6) is 0.809. The van der Waals surface area contributed by atoms with E-state index in [2.05, 4.69) is 4.90 Å². The van der Waals surface area contributed by atoms with E-state index in [9.17, 15) is 0 Å². The monoisotopic (exact) mass is 191 g/mol. The number of nitrogens with zero attached hydrogens (tertiary/aromatic N) is 1. The van der Waals surface area contributed by atoms with Crippen LogP contribution in [-0.2, 0) is 4.74 Å². The third-order valence-electron chi connectivity index (χ3n) is 2.21. The number of unbranched alkanes of at least 4 members (excludes halogenated alkanes) is 2. The molecular weight excluding hydrogens is 174 g/mol. The van der Waals surface area contributed by atoms with Crippen molar-refractivity contribution in [3.63, 3.8) is 0 Å². The van der Waals surface area contributed by atoms with E-state index >= 15 is 0 Å². The molecule has 0 aromatic rings. The Bertz CT molecular complexity index is 105. The highest BCUT2D eigenvalue weighted by atomic mass is 35.5. The van der Waals surface area contributed by atoms with E-state index in [1.54, 1.807) is 0 Å². The van der Waals surface area contributed by atoms with E-state index < -0.39 is 0 Å². The Labute approximate surface area is 79.8 Å². The van der Waals surface area contributed by atoms with Gasteiger partial charge in [-0.05, 0) is 19.4 Å². The second kappa shape index (κ2) is 6.70. The van der Waals surface area contributed by atoms with Gasteiger partial charge in [0.1, 0.15) is 0 Å². The molecule has 3 heteroatoms. The second-order valence-electron chi connectivity index (χ2n) is 3.20. The molecule has 1 fully saturated rings. The van der Waals surface area contributed by atoms with Crippen LogP contribution in [-0.4, -0.2) is 43.6 Å². The Balaban J connectivity index is 1.91. The summed E-state index contributed by atoms with van der Waals surface area (Å²) < 4.78 is 5.26. The number of rotatable bonds is 5. The molecule has 1 heterocycles. The lowest BCUT2D eigenvalue weighted by molar-refractivity contribution is 0.0372. The molecule has 0 unspecified atom stereocenters. The lowest BCUT2D eigenvalue weighted by atomic mass is 10.2. The summed E-state index contributed by atoms with van der Waals surface area (Å²) in [4.78, 5) is 2.47. The van der Waals surface area contributed by atoms with Crippen molar-refractivity contribution >= 4 is 11.6 Å². The maximum atomic E-state index is 5.59. The Morgan fingerprint density at radius 2 is 1.83 bits per heavy atom. The maximum absolute atomic E-state index is 5.59. The minimum absolute atomic E-state index is 0.809. The number of halogens is 1. The lowest BCUT2D eigenvalue weighted by Crippen LogP contribution is -2.36. The molecule has 1 aliphatic heterocycles. The minimum atomic E-state index is 0.809. The predicted octanol–water partition coefficient (Wildman–Crippen LogP) is 1.73. The Kier molecular flexibility index (Phi) is 5.74. The van der Waals surface area contributed by atoms with Gasteiger partial charge >= 0.3 is 0 Å². The van der Waals surface area contributed by atoms with Crippen molar-refractivity contribution in [2.24, 2.45) is 0 Å². The van der Waals surface area contributed by atoms with Gasteiger partial charge in [0.05, 0.1) is 13.2 Å². The van der Waals surface area contributed by atoms with Crippen LogP contribution >= 0.6 is 11.6 Å². The first kappa shape index (κ1) is 10.3. The number of ether oxygens (including phenoxy) is 1. The SMILES string of the molecule is ClCCCCCN1CCOCC1. The third kappa shape index (κ3) is 4.29. The van der Waals surface area contributed by atoms with Crippen molar-refractivity contribution in [3.05, 3.63) is 0 Å². The molecule has 1 rings (SSSR count). The summed E-state index contributed by atoms with van der Waals surface area (Å²) >= 11 is 5.59. The highest BCUT2D eigenvalue weighted by Crippen LogP contribution is 2.02. The average molecular weight is 192 g/mol. The molecule has 72 valence electrons. The standard InChI is InChI=1S/C9H18ClNO/c10-4-2-1-3-5-11-6-8-12-9-7-11/h1-9H2. The molecular formula is C9H18ClNO. The van der Waals surface area contributed by atoms with Gasteiger partial charge in [-0.2, -0.15) is 0 Å². The summed E-state index contributed by atoms with van der Waals surface area (Å²) in [6.07, 6.45) is 3.71. The molecule has 0 radical (unpaired) electrons. The Hall–Kier alpha value is 0.210. The van der Waals surface area contributed by atoms with Gasteiger partial charge in [-0.1, -0.05) is 6.42 Å². The van der Waals surface area contributed by atoms with Crippen molar-refractivity contribution in [2.75, 3.05) is 38.7 Å². The van der Waals surface area contributed by atoms with Crippen LogP contribution < -0.4 is 0 Å². The Morgan fingerprint density at radius 3 is 2.50 bits per heavy atom. The molecule has 0 bridgehead atoms. The summed E-state index contributed by atoms with van der Waals surface area (Å²) in [6, 6.07) is 0. The first-order valence-electron chi connectivity index (χ1n) is 4.79. The van der Waals surface area contributed by atoms with Gasteiger partial charge in [0, 0.05) is 19.0 Å². The quantitative estimate of drug-likeness (QED) is 0.485. The molecule has 1 saturated heterocycles. The van der Waals surface area contributed by atoms with E-state index in [0.29, 0.717) is 0 Å². The van der Waals surface area contributed by atoms with E-state index in [0.717, 1.165) is 38.6 Å². The van der Waals surface area contributed by atoms with Gasteiger partial charge in [0.15, 0.2) is 0 Å². The van der Waals surface area contributed by atoms with E-state index in [1.807, 2.05) is 0 Å². The fourth-order valence-electron chi connectivity index (χ4n) is 1.43. The van der Waals surface area contributed by atoms with Crippen LogP contribution in [0.1, 0.15) is 19.3 Å². The topological polar surface area (TPSA) is 12.5 Å². The van der Waals surface area contributed by atoms with Crippen LogP contribution in [0.25, 0.3) is 0 Å². The number of hydrogen-bond acceptors (Lipinski definition) is 2. The molecule has 2 nitrogen and oxygen atoms in total. The summed E-state index contributed by atoms with van der Waals surface area (Å²) in [6.45, 7) is 5.27. The number of morpholine rings is 1. The fraction of sp³-hybridized carbons (Fsp3) is 1.00. The van der Waals surface area contributed by atoms with Crippen LogP contribution in [0, 0.1) is 0 Å². The molecule has 0 saturated carbocycles. The first-order valence-corrected chi connectivity index (χ1v) is 5.33. The van der Waals surface area contributed by atoms with Crippen LogP contribution in [0.2, 0.25) is 0 Å². The van der Waals surface area contributed by atoms with Gasteiger partial charge in [-0.25, -0.2) is 0 Å². The van der Waals surface area contributed by atoms with Gasteiger partial charge in [0.2, 0.25) is 0 Å². The predicted molar refractivity (Wildman–Crippen MR) is 51.8 cm³/mol. The summed E-state index contributed by atoms with van der Waals surface area (Å²) in [5.41, 5.74) is 0. The van der Waals surface area contributed by atoms with E-state index in [-0.39, 0.29) is 0 Å². The highest BCUT2D eigenvalue weighted by Gasteiger charge is 2.08. The van der Waals surface area contributed by atoms with Crippen molar-refractivity contribution < 1.29 is 4.74 Å². The normalized spacial score (nSPS) is 19.8. The van der Waals surface area contributed by atoms with E-state index in [1.165, 1.54) is 19.4 Å². The van der Waals surface area contributed by atoms with Crippen LogP contribution in [0.3, 0.4) is 0 Å². The second-order valence-corrected chi connectivity index (χ2v) is 3.58. The molecule has 0 aromatic heterocycles. The van der Waals surface area contributed by atoms with Crippen molar-refractivity contribution in [2.45, 2.75) is 19.3 Å². The van der Waals surface area contributed by atoms with Gasteiger partial charge in [-0.15, -0.1) is 11.6 Å². The minimum Gasteiger partial charge on any atom is -0.379 e. The molecule has 1 aliphatic rings. The zero-order chi connectivity index (χ0) is 8.65. The molecule has 0 aliphatic carbocycles. The lowest BCUT2D eigenvalue weighted by Gasteiger charge is -2.26. The Morgan fingerprint density at radius 1 is 1.08 bits per heavy atom.